The molecule has 0 saturated carbocycles. The predicted octanol–water partition coefficient (Wildman–Crippen LogP) is 2.55. The van der Waals surface area contributed by atoms with Crippen LogP contribution in [0.4, 0.5) is 0 Å². The van der Waals surface area contributed by atoms with Gasteiger partial charge in [0.2, 0.25) is 5.91 Å². The minimum absolute atomic E-state index is 0.0156. The second-order valence-corrected chi connectivity index (χ2v) is 10.6. The topological polar surface area (TPSA) is 73.4 Å². The lowest BCUT2D eigenvalue weighted by Crippen LogP contribution is -2.61. The van der Waals surface area contributed by atoms with Crippen molar-refractivity contribution in [1.29, 1.82) is 0 Å². The summed E-state index contributed by atoms with van der Waals surface area (Å²) in [7, 11) is 2.05. The molecular formula is C29H36N4O4. The quantitative estimate of drug-likeness (QED) is 0.643. The SMILES string of the molecule is Cc1cccc(C(=O)N2CCC3(CC2)OC[C@H](C(=O)N2CCN(C)CC2)N3C(=O)c2cccc(C)c2)c1. The molecule has 0 unspecified atom stereocenters. The summed E-state index contributed by atoms with van der Waals surface area (Å²) in [5.74, 6) is -0.255. The molecule has 3 saturated heterocycles. The summed E-state index contributed by atoms with van der Waals surface area (Å²) in [5, 5.41) is 0. The van der Waals surface area contributed by atoms with Crippen molar-refractivity contribution >= 4 is 17.7 Å². The molecular weight excluding hydrogens is 468 g/mol. The first-order chi connectivity index (χ1) is 17.8. The molecule has 8 nitrogen and oxygen atoms in total. The molecule has 3 aliphatic heterocycles. The van der Waals surface area contributed by atoms with Crippen LogP contribution in [0.5, 0.6) is 0 Å². The Kier molecular flexibility index (Phi) is 7.05. The van der Waals surface area contributed by atoms with Gasteiger partial charge in [-0.15, -0.1) is 0 Å². The summed E-state index contributed by atoms with van der Waals surface area (Å²) >= 11 is 0. The zero-order valence-electron chi connectivity index (χ0n) is 22.0. The summed E-state index contributed by atoms with van der Waals surface area (Å²) < 4.78 is 6.37. The van der Waals surface area contributed by atoms with Gasteiger partial charge < -0.3 is 19.4 Å². The minimum atomic E-state index is -0.906. The molecule has 0 bridgehead atoms. The number of amides is 3. The van der Waals surface area contributed by atoms with Crippen molar-refractivity contribution in [3.05, 3.63) is 70.8 Å². The minimum Gasteiger partial charge on any atom is -0.353 e. The van der Waals surface area contributed by atoms with Crippen LogP contribution in [0.3, 0.4) is 0 Å². The van der Waals surface area contributed by atoms with E-state index < -0.39 is 11.8 Å². The number of aryl methyl sites for hydroxylation is 2. The maximum atomic E-state index is 14.0. The highest BCUT2D eigenvalue weighted by atomic mass is 16.5. The van der Waals surface area contributed by atoms with Crippen LogP contribution in [0, 0.1) is 13.8 Å². The van der Waals surface area contributed by atoms with Gasteiger partial charge in [-0.1, -0.05) is 35.4 Å². The predicted molar refractivity (Wildman–Crippen MR) is 140 cm³/mol. The summed E-state index contributed by atoms with van der Waals surface area (Å²) in [5.41, 5.74) is 2.34. The molecule has 0 aliphatic carbocycles. The van der Waals surface area contributed by atoms with E-state index in [1.54, 1.807) is 11.0 Å². The highest BCUT2D eigenvalue weighted by Gasteiger charge is 2.55. The number of likely N-dealkylation sites (N-methyl/N-ethyl adjacent to an activating group) is 1. The zero-order chi connectivity index (χ0) is 26.2. The van der Waals surface area contributed by atoms with Gasteiger partial charge in [0.25, 0.3) is 11.8 Å². The largest absolute Gasteiger partial charge is 0.353 e. The molecule has 0 N–H and O–H groups in total. The van der Waals surface area contributed by atoms with Gasteiger partial charge in [-0.25, -0.2) is 0 Å². The van der Waals surface area contributed by atoms with Crippen molar-refractivity contribution in [3.63, 3.8) is 0 Å². The van der Waals surface area contributed by atoms with Gasteiger partial charge >= 0.3 is 0 Å². The lowest BCUT2D eigenvalue weighted by atomic mass is 9.95. The van der Waals surface area contributed by atoms with Gasteiger partial charge in [-0.05, 0) is 45.2 Å². The van der Waals surface area contributed by atoms with Crippen LogP contribution >= 0.6 is 0 Å². The van der Waals surface area contributed by atoms with Crippen molar-refractivity contribution in [2.45, 2.75) is 38.5 Å². The van der Waals surface area contributed by atoms with Gasteiger partial charge in [0.15, 0.2) is 0 Å². The average Bonchev–Trinajstić information content (AvgIpc) is 3.26. The van der Waals surface area contributed by atoms with Crippen molar-refractivity contribution < 1.29 is 19.1 Å². The van der Waals surface area contributed by atoms with Gasteiger partial charge in [-0.2, -0.15) is 0 Å². The fourth-order valence-corrected chi connectivity index (χ4v) is 5.73. The second kappa shape index (κ2) is 10.3. The third-order valence-electron chi connectivity index (χ3n) is 7.94. The third kappa shape index (κ3) is 5.00. The number of hydrogen-bond acceptors (Lipinski definition) is 5. The summed E-state index contributed by atoms with van der Waals surface area (Å²) in [6.07, 6.45) is 0.934. The third-order valence-corrected chi connectivity index (χ3v) is 7.94. The molecule has 2 aromatic rings. The van der Waals surface area contributed by atoms with Crippen molar-refractivity contribution in [2.75, 3.05) is 52.9 Å². The molecule has 37 heavy (non-hydrogen) atoms. The summed E-state index contributed by atoms with van der Waals surface area (Å²) in [6, 6.07) is 14.4. The summed E-state index contributed by atoms with van der Waals surface area (Å²) in [4.78, 5) is 48.5. The number of carbonyl (C=O) groups is 3. The number of piperidine rings is 1. The number of benzene rings is 2. The Morgan fingerprint density at radius 1 is 0.784 bits per heavy atom. The Morgan fingerprint density at radius 2 is 1.35 bits per heavy atom. The van der Waals surface area contributed by atoms with Crippen LogP contribution in [-0.4, -0.2) is 102 Å². The normalized spacial score (nSPS) is 21.9. The van der Waals surface area contributed by atoms with E-state index in [2.05, 4.69) is 11.9 Å². The number of rotatable bonds is 3. The Bertz CT molecular complexity index is 1180. The maximum absolute atomic E-state index is 14.0. The number of hydrogen-bond donors (Lipinski definition) is 0. The molecule has 0 aromatic heterocycles. The van der Waals surface area contributed by atoms with Crippen molar-refractivity contribution in [3.8, 4) is 0 Å². The van der Waals surface area contributed by atoms with Crippen molar-refractivity contribution in [2.24, 2.45) is 0 Å². The van der Waals surface area contributed by atoms with Gasteiger partial charge in [0, 0.05) is 63.2 Å². The van der Waals surface area contributed by atoms with E-state index in [-0.39, 0.29) is 24.3 Å². The Hall–Kier alpha value is -3.23. The zero-order valence-corrected chi connectivity index (χ0v) is 22.0. The van der Waals surface area contributed by atoms with E-state index in [1.807, 2.05) is 66.1 Å². The van der Waals surface area contributed by atoms with E-state index in [1.165, 1.54) is 0 Å². The molecule has 196 valence electrons. The lowest BCUT2D eigenvalue weighted by molar-refractivity contribution is -0.139. The average molecular weight is 505 g/mol. The number of piperazine rings is 1. The molecule has 1 atom stereocenters. The number of carbonyl (C=O) groups excluding carboxylic acids is 3. The monoisotopic (exact) mass is 504 g/mol. The fourth-order valence-electron chi connectivity index (χ4n) is 5.73. The highest BCUT2D eigenvalue weighted by Crippen LogP contribution is 2.39. The second-order valence-electron chi connectivity index (χ2n) is 10.6. The van der Waals surface area contributed by atoms with E-state index >= 15 is 0 Å². The molecule has 0 radical (unpaired) electrons. The van der Waals surface area contributed by atoms with Crippen LogP contribution in [0.1, 0.15) is 44.7 Å². The van der Waals surface area contributed by atoms with E-state index in [0.717, 1.165) is 24.2 Å². The van der Waals surface area contributed by atoms with Crippen molar-refractivity contribution in [1.82, 2.24) is 19.6 Å². The van der Waals surface area contributed by atoms with E-state index in [0.29, 0.717) is 50.1 Å². The molecule has 8 heteroatoms. The van der Waals surface area contributed by atoms with E-state index in [9.17, 15) is 14.4 Å². The molecule has 2 aromatic carbocycles. The van der Waals surface area contributed by atoms with Crippen LogP contribution in [0.15, 0.2) is 48.5 Å². The highest BCUT2D eigenvalue weighted by molar-refractivity contribution is 5.99. The maximum Gasteiger partial charge on any atom is 0.256 e. The van der Waals surface area contributed by atoms with Gasteiger partial charge in [0.05, 0.1) is 6.61 Å². The van der Waals surface area contributed by atoms with E-state index in [4.69, 9.17) is 4.74 Å². The first kappa shape index (κ1) is 25.4. The van der Waals surface area contributed by atoms with Gasteiger partial charge in [-0.3, -0.25) is 19.3 Å². The van der Waals surface area contributed by atoms with Crippen LogP contribution < -0.4 is 0 Å². The number of likely N-dealkylation sites (tertiary alicyclic amines) is 1. The smallest absolute Gasteiger partial charge is 0.256 e. The van der Waals surface area contributed by atoms with Gasteiger partial charge in [0.1, 0.15) is 11.8 Å². The first-order valence-corrected chi connectivity index (χ1v) is 13.1. The van der Waals surface area contributed by atoms with Crippen LogP contribution in [0.25, 0.3) is 0 Å². The standard InChI is InChI=1S/C29H36N4O4/c1-21-6-4-8-23(18-21)26(34)31-12-10-29(11-13-31)33(27(35)24-9-5-7-22(2)19-24)25(20-37-29)28(36)32-16-14-30(3)15-17-32/h4-9,18-19,25H,10-17,20H2,1-3H3/t25-/m1/s1. The molecule has 3 aliphatic rings. The number of nitrogens with zero attached hydrogens (tertiary/aromatic N) is 4. The summed E-state index contributed by atoms with van der Waals surface area (Å²) in [6.45, 7) is 7.93. The molecule has 1 spiro atoms. The first-order valence-electron chi connectivity index (χ1n) is 13.1. The Labute approximate surface area is 218 Å². The molecule has 3 heterocycles. The number of ether oxygens (including phenoxy) is 1. The molecule has 5 rings (SSSR count). The molecule has 3 fully saturated rings. The Morgan fingerprint density at radius 3 is 1.92 bits per heavy atom. The lowest BCUT2D eigenvalue weighted by Gasteiger charge is -2.45. The van der Waals surface area contributed by atoms with Crippen LogP contribution in [0.2, 0.25) is 0 Å². The Balaban J connectivity index is 1.39. The fraction of sp³-hybridized carbons (Fsp3) is 0.483. The molecule has 3 amide bonds. The van der Waals surface area contributed by atoms with Crippen LogP contribution in [-0.2, 0) is 9.53 Å².